The second-order valence-corrected chi connectivity index (χ2v) is 4.56. The molecule has 0 spiro atoms. The maximum atomic E-state index is 12.0. The first-order chi connectivity index (χ1) is 9.23. The summed E-state index contributed by atoms with van der Waals surface area (Å²) in [6.07, 6.45) is -0.303. The Morgan fingerprint density at radius 2 is 1.58 bits per heavy atom. The first-order valence-electron chi connectivity index (χ1n) is 6.24. The van der Waals surface area contributed by atoms with E-state index in [4.69, 9.17) is 9.47 Å². The SMILES string of the molecule is CC1OC(=O)C1(Oc1ccccc1)c1ccccc1. The lowest BCUT2D eigenvalue weighted by atomic mass is 9.84. The van der Waals surface area contributed by atoms with Gasteiger partial charge in [-0.05, 0) is 19.1 Å². The van der Waals surface area contributed by atoms with Crippen molar-refractivity contribution >= 4 is 5.97 Å². The summed E-state index contributed by atoms with van der Waals surface area (Å²) in [5.41, 5.74) is -0.203. The Bertz CT molecular complexity index is 579. The second-order valence-electron chi connectivity index (χ2n) is 4.56. The molecule has 0 saturated carbocycles. The first-order valence-corrected chi connectivity index (χ1v) is 6.24. The number of hydrogen-bond donors (Lipinski definition) is 0. The van der Waals surface area contributed by atoms with E-state index in [2.05, 4.69) is 0 Å². The summed E-state index contributed by atoms with van der Waals surface area (Å²) in [5.74, 6) is 0.324. The molecule has 2 aromatic rings. The lowest BCUT2D eigenvalue weighted by Crippen LogP contribution is -2.62. The summed E-state index contributed by atoms with van der Waals surface area (Å²) in [6, 6.07) is 18.8. The topological polar surface area (TPSA) is 35.5 Å². The molecule has 1 aliphatic heterocycles. The van der Waals surface area contributed by atoms with E-state index in [1.165, 1.54) is 0 Å². The Morgan fingerprint density at radius 3 is 2.11 bits per heavy atom. The van der Waals surface area contributed by atoms with Crippen LogP contribution in [0.15, 0.2) is 60.7 Å². The fraction of sp³-hybridized carbons (Fsp3) is 0.188. The van der Waals surface area contributed by atoms with Crippen LogP contribution in [0.3, 0.4) is 0 Å². The molecular formula is C16H14O3. The minimum atomic E-state index is -1.03. The molecule has 3 heteroatoms. The van der Waals surface area contributed by atoms with E-state index in [9.17, 15) is 4.79 Å². The summed E-state index contributed by atoms with van der Waals surface area (Å²) < 4.78 is 11.1. The number of benzene rings is 2. The number of esters is 1. The minimum Gasteiger partial charge on any atom is -0.467 e. The highest BCUT2D eigenvalue weighted by Gasteiger charge is 2.60. The molecule has 0 bridgehead atoms. The van der Waals surface area contributed by atoms with Gasteiger partial charge < -0.3 is 9.47 Å². The highest BCUT2D eigenvalue weighted by atomic mass is 16.6. The van der Waals surface area contributed by atoms with Crippen LogP contribution in [0.1, 0.15) is 12.5 Å². The smallest absolute Gasteiger partial charge is 0.359 e. The van der Waals surface area contributed by atoms with Gasteiger partial charge in [0.2, 0.25) is 0 Å². The Labute approximate surface area is 111 Å². The van der Waals surface area contributed by atoms with Gasteiger partial charge in [0.15, 0.2) is 6.10 Å². The molecule has 0 aromatic heterocycles. The molecular weight excluding hydrogens is 240 g/mol. The van der Waals surface area contributed by atoms with E-state index in [-0.39, 0.29) is 12.1 Å². The molecule has 2 atom stereocenters. The van der Waals surface area contributed by atoms with Crippen molar-refractivity contribution in [3.05, 3.63) is 66.2 Å². The van der Waals surface area contributed by atoms with Crippen LogP contribution >= 0.6 is 0 Å². The molecule has 3 nitrogen and oxygen atoms in total. The molecule has 1 heterocycles. The Hall–Kier alpha value is -2.29. The van der Waals surface area contributed by atoms with Crippen molar-refractivity contribution in [1.29, 1.82) is 0 Å². The predicted molar refractivity (Wildman–Crippen MR) is 70.7 cm³/mol. The van der Waals surface area contributed by atoms with Crippen LogP contribution in [-0.2, 0) is 15.1 Å². The summed E-state index contributed by atoms with van der Waals surface area (Å²) in [7, 11) is 0. The molecule has 0 amide bonds. The Kier molecular flexibility index (Phi) is 2.75. The third-order valence-corrected chi connectivity index (χ3v) is 3.38. The third kappa shape index (κ3) is 1.78. The van der Waals surface area contributed by atoms with Gasteiger partial charge in [0.1, 0.15) is 5.75 Å². The van der Waals surface area contributed by atoms with Crippen molar-refractivity contribution in [2.45, 2.75) is 18.6 Å². The van der Waals surface area contributed by atoms with Gasteiger partial charge in [-0.25, -0.2) is 4.79 Å². The summed E-state index contributed by atoms with van der Waals surface area (Å²) in [4.78, 5) is 12.0. The quantitative estimate of drug-likeness (QED) is 0.790. The third-order valence-electron chi connectivity index (χ3n) is 3.38. The van der Waals surface area contributed by atoms with Crippen LogP contribution in [-0.4, -0.2) is 12.1 Å². The second kappa shape index (κ2) is 4.43. The zero-order valence-electron chi connectivity index (χ0n) is 10.6. The Balaban J connectivity index is 2.02. The normalized spacial score (nSPS) is 25.3. The van der Waals surface area contributed by atoms with E-state index >= 15 is 0 Å². The summed E-state index contributed by atoms with van der Waals surface area (Å²) in [6.45, 7) is 1.84. The average molecular weight is 254 g/mol. The van der Waals surface area contributed by atoms with Crippen molar-refractivity contribution in [1.82, 2.24) is 0 Å². The molecule has 0 N–H and O–H groups in total. The van der Waals surface area contributed by atoms with Crippen LogP contribution in [0.5, 0.6) is 5.75 Å². The molecule has 3 rings (SSSR count). The van der Waals surface area contributed by atoms with Gasteiger partial charge in [-0.1, -0.05) is 48.5 Å². The van der Waals surface area contributed by atoms with E-state index in [0.717, 1.165) is 5.56 Å². The average Bonchev–Trinajstić information content (AvgIpc) is 2.47. The summed E-state index contributed by atoms with van der Waals surface area (Å²) >= 11 is 0. The molecule has 0 radical (unpaired) electrons. The van der Waals surface area contributed by atoms with Crippen LogP contribution in [0.2, 0.25) is 0 Å². The molecule has 2 aromatic carbocycles. The molecule has 1 saturated heterocycles. The minimum absolute atomic E-state index is 0.303. The maximum absolute atomic E-state index is 12.0. The van der Waals surface area contributed by atoms with Gasteiger partial charge in [0.25, 0.3) is 5.60 Å². The van der Waals surface area contributed by atoms with E-state index in [0.29, 0.717) is 5.75 Å². The zero-order chi connectivity index (χ0) is 13.3. The summed E-state index contributed by atoms with van der Waals surface area (Å²) in [5, 5.41) is 0. The van der Waals surface area contributed by atoms with Crippen LogP contribution in [0.4, 0.5) is 0 Å². The standard InChI is InChI=1S/C16H14O3/c1-12-16(15(17)18-12,13-8-4-2-5-9-13)19-14-10-6-3-7-11-14/h2-12H,1H3. The van der Waals surface area contributed by atoms with Crippen molar-refractivity contribution in [2.24, 2.45) is 0 Å². The van der Waals surface area contributed by atoms with Gasteiger partial charge in [0, 0.05) is 5.56 Å². The fourth-order valence-electron chi connectivity index (χ4n) is 2.34. The van der Waals surface area contributed by atoms with Crippen LogP contribution in [0.25, 0.3) is 0 Å². The van der Waals surface area contributed by atoms with Crippen molar-refractivity contribution in [2.75, 3.05) is 0 Å². The van der Waals surface area contributed by atoms with Gasteiger partial charge in [-0.3, -0.25) is 0 Å². The van der Waals surface area contributed by atoms with E-state index in [1.807, 2.05) is 67.6 Å². The number of para-hydroxylation sites is 1. The zero-order valence-corrected chi connectivity index (χ0v) is 10.6. The highest BCUT2D eigenvalue weighted by molar-refractivity contribution is 5.88. The number of ether oxygens (including phenoxy) is 2. The molecule has 0 aliphatic carbocycles. The maximum Gasteiger partial charge on any atom is 0.359 e. The lowest BCUT2D eigenvalue weighted by molar-refractivity contribution is -0.221. The molecule has 96 valence electrons. The monoisotopic (exact) mass is 254 g/mol. The van der Waals surface area contributed by atoms with Gasteiger partial charge >= 0.3 is 5.97 Å². The molecule has 19 heavy (non-hydrogen) atoms. The molecule has 2 unspecified atom stereocenters. The Morgan fingerprint density at radius 1 is 1.00 bits per heavy atom. The van der Waals surface area contributed by atoms with Crippen molar-refractivity contribution < 1.29 is 14.3 Å². The number of hydrogen-bond acceptors (Lipinski definition) is 3. The number of rotatable bonds is 3. The van der Waals surface area contributed by atoms with Gasteiger partial charge in [0.05, 0.1) is 0 Å². The number of carbonyl (C=O) groups is 1. The van der Waals surface area contributed by atoms with Gasteiger partial charge in [-0.2, -0.15) is 0 Å². The van der Waals surface area contributed by atoms with Crippen molar-refractivity contribution in [3.8, 4) is 5.75 Å². The highest BCUT2D eigenvalue weighted by Crippen LogP contribution is 2.41. The largest absolute Gasteiger partial charge is 0.467 e. The van der Waals surface area contributed by atoms with Crippen LogP contribution < -0.4 is 4.74 Å². The fourth-order valence-corrected chi connectivity index (χ4v) is 2.34. The number of carbonyl (C=O) groups excluding carboxylic acids is 1. The predicted octanol–water partition coefficient (Wildman–Crippen LogP) is 2.91. The van der Waals surface area contributed by atoms with Crippen LogP contribution in [0, 0.1) is 0 Å². The lowest BCUT2D eigenvalue weighted by Gasteiger charge is -2.44. The molecule has 1 fully saturated rings. The van der Waals surface area contributed by atoms with E-state index in [1.54, 1.807) is 0 Å². The first kappa shape index (κ1) is 11.8. The van der Waals surface area contributed by atoms with Gasteiger partial charge in [-0.15, -0.1) is 0 Å². The molecule has 1 aliphatic rings. The number of cyclic esters (lactones) is 1. The van der Waals surface area contributed by atoms with E-state index < -0.39 is 5.60 Å². The van der Waals surface area contributed by atoms with Crippen molar-refractivity contribution in [3.63, 3.8) is 0 Å².